The molecule has 0 aromatic rings. The van der Waals surface area contributed by atoms with Crippen molar-refractivity contribution in [3.05, 3.63) is 0 Å². The van der Waals surface area contributed by atoms with Gasteiger partial charge in [-0.2, -0.15) is 0 Å². The molecular formula is C15H27N3O. The first kappa shape index (κ1) is 13.4. The quantitative estimate of drug-likeness (QED) is 0.656. The molecule has 4 heteroatoms. The molecule has 3 aliphatic carbocycles. The zero-order chi connectivity index (χ0) is 13.2. The normalized spacial score (nSPS) is 24.5. The molecule has 3 fully saturated rings. The highest BCUT2D eigenvalue weighted by molar-refractivity contribution is 5.77. The van der Waals surface area contributed by atoms with E-state index in [1.54, 1.807) is 0 Å². The van der Waals surface area contributed by atoms with Gasteiger partial charge in [0.25, 0.3) is 0 Å². The number of nitrogens with two attached hydrogens (primary N) is 1. The molecule has 3 aliphatic rings. The van der Waals surface area contributed by atoms with E-state index in [2.05, 4.69) is 10.2 Å². The highest BCUT2D eigenvalue weighted by Crippen LogP contribution is 2.34. The fraction of sp³-hybridized carbons (Fsp3) is 0.933. The van der Waals surface area contributed by atoms with Gasteiger partial charge in [-0.3, -0.25) is 9.69 Å². The van der Waals surface area contributed by atoms with Crippen LogP contribution in [-0.4, -0.2) is 42.5 Å². The summed E-state index contributed by atoms with van der Waals surface area (Å²) in [5.74, 6) is 1.95. The van der Waals surface area contributed by atoms with Crippen molar-refractivity contribution in [1.82, 2.24) is 10.2 Å². The van der Waals surface area contributed by atoms with E-state index in [1.807, 2.05) is 0 Å². The van der Waals surface area contributed by atoms with Crippen LogP contribution in [0, 0.1) is 11.8 Å². The molecule has 0 aliphatic heterocycles. The lowest BCUT2D eigenvalue weighted by Crippen LogP contribution is -2.46. The van der Waals surface area contributed by atoms with Gasteiger partial charge in [-0.1, -0.05) is 0 Å². The van der Waals surface area contributed by atoms with Gasteiger partial charge in [0.15, 0.2) is 0 Å². The van der Waals surface area contributed by atoms with Crippen LogP contribution in [0.3, 0.4) is 0 Å². The molecule has 0 bridgehead atoms. The first-order valence-electron chi connectivity index (χ1n) is 7.98. The topological polar surface area (TPSA) is 58.4 Å². The number of rotatable bonds is 9. The number of nitrogens with one attached hydrogen (secondary N) is 1. The van der Waals surface area contributed by atoms with E-state index in [1.165, 1.54) is 25.7 Å². The molecule has 19 heavy (non-hydrogen) atoms. The Hall–Kier alpha value is -0.610. The SMILES string of the molecule is NCC(CC(=O)NC1CC1)N(CC1CC1)CC1CC1. The van der Waals surface area contributed by atoms with Gasteiger partial charge < -0.3 is 11.1 Å². The lowest BCUT2D eigenvalue weighted by atomic mass is 10.1. The number of amides is 1. The van der Waals surface area contributed by atoms with Crippen LogP contribution >= 0.6 is 0 Å². The Morgan fingerprint density at radius 3 is 2.11 bits per heavy atom. The zero-order valence-electron chi connectivity index (χ0n) is 11.8. The molecule has 0 aromatic carbocycles. The lowest BCUT2D eigenvalue weighted by molar-refractivity contribution is -0.122. The third-order valence-electron chi connectivity index (χ3n) is 4.53. The first-order chi connectivity index (χ1) is 9.24. The minimum absolute atomic E-state index is 0.203. The molecular weight excluding hydrogens is 238 g/mol. The van der Waals surface area contributed by atoms with Crippen molar-refractivity contribution < 1.29 is 4.79 Å². The summed E-state index contributed by atoms with van der Waals surface area (Å²) in [6.07, 6.45) is 8.38. The Morgan fingerprint density at radius 2 is 1.68 bits per heavy atom. The van der Waals surface area contributed by atoms with Crippen LogP contribution in [0.4, 0.5) is 0 Å². The van der Waals surface area contributed by atoms with E-state index >= 15 is 0 Å². The van der Waals surface area contributed by atoms with Gasteiger partial charge in [0.1, 0.15) is 0 Å². The number of carbonyl (C=O) groups is 1. The van der Waals surface area contributed by atoms with Crippen molar-refractivity contribution in [3.8, 4) is 0 Å². The Bertz CT molecular complexity index is 307. The highest BCUT2D eigenvalue weighted by Gasteiger charge is 2.33. The van der Waals surface area contributed by atoms with Crippen LogP contribution in [0.2, 0.25) is 0 Å². The van der Waals surface area contributed by atoms with Gasteiger partial charge >= 0.3 is 0 Å². The minimum atomic E-state index is 0.203. The van der Waals surface area contributed by atoms with Crippen LogP contribution < -0.4 is 11.1 Å². The van der Waals surface area contributed by atoms with Gasteiger partial charge in [0.05, 0.1) is 0 Å². The molecule has 0 saturated heterocycles. The molecule has 3 rings (SSSR count). The predicted molar refractivity (Wildman–Crippen MR) is 75.6 cm³/mol. The Balaban J connectivity index is 1.50. The molecule has 1 unspecified atom stereocenters. The summed E-state index contributed by atoms with van der Waals surface area (Å²) >= 11 is 0. The van der Waals surface area contributed by atoms with E-state index in [4.69, 9.17) is 5.73 Å². The molecule has 1 amide bonds. The second-order valence-electron chi connectivity index (χ2n) is 6.78. The number of hydrogen-bond acceptors (Lipinski definition) is 3. The third kappa shape index (κ3) is 4.46. The minimum Gasteiger partial charge on any atom is -0.353 e. The first-order valence-corrected chi connectivity index (χ1v) is 7.98. The second kappa shape index (κ2) is 5.80. The Kier molecular flexibility index (Phi) is 4.08. The van der Waals surface area contributed by atoms with Crippen LogP contribution in [0.25, 0.3) is 0 Å². The highest BCUT2D eigenvalue weighted by atomic mass is 16.1. The van der Waals surface area contributed by atoms with Crippen molar-refractivity contribution in [2.24, 2.45) is 17.6 Å². The predicted octanol–water partition coefficient (Wildman–Crippen LogP) is 1.10. The smallest absolute Gasteiger partial charge is 0.221 e. The molecule has 0 spiro atoms. The summed E-state index contributed by atoms with van der Waals surface area (Å²) in [7, 11) is 0. The fourth-order valence-corrected chi connectivity index (χ4v) is 2.73. The summed E-state index contributed by atoms with van der Waals surface area (Å²) in [5, 5.41) is 3.09. The maximum absolute atomic E-state index is 12.0. The van der Waals surface area contributed by atoms with Crippen molar-refractivity contribution in [1.29, 1.82) is 0 Å². The van der Waals surface area contributed by atoms with Crippen molar-refractivity contribution in [3.63, 3.8) is 0 Å². The Morgan fingerprint density at radius 1 is 1.11 bits per heavy atom. The fourth-order valence-electron chi connectivity index (χ4n) is 2.73. The van der Waals surface area contributed by atoms with Gasteiger partial charge in [-0.05, 0) is 50.4 Å². The van der Waals surface area contributed by atoms with Gasteiger partial charge in [0.2, 0.25) is 5.91 Å². The van der Waals surface area contributed by atoms with Crippen molar-refractivity contribution >= 4 is 5.91 Å². The third-order valence-corrected chi connectivity index (χ3v) is 4.53. The van der Waals surface area contributed by atoms with Gasteiger partial charge in [0, 0.05) is 38.1 Å². The monoisotopic (exact) mass is 265 g/mol. The molecule has 3 N–H and O–H groups in total. The van der Waals surface area contributed by atoms with E-state index in [0.717, 1.165) is 37.8 Å². The standard InChI is InChI=1S/C15H27N3O/c16-8-14(7-15(19)17-13-5-6-13)18(9-11-1-2-11)10-12-3-4-12/h11-14H,1-10,16H2,(H,17,19). The van der Waals surface area contributed by atoms with Crippen molar-refractivity contribution in [2.75, 3.05) is 19.6 Å². The molecule has 3 saturated carbocycles. The summed E-state index contributed by atoms with van der Waals surface area (Å²) < 4.78 is 0. The largest absolute Gasteiger partial charge is 0.353 e. The van der Waals surface area contributed by atoms with Crippen molar-refractivity contribution in [2.45, 2.75) is 57.0 Å². The Labute approximate surface area is 116 Å². The van der Waals surface area contributed by atoms with E-state index in [0.29, 0.717) is 19.0 Å². The molecule has 0 radical (unpaired) electrons. The number of nitrogens with zero attached hydrogens (tertiary/aromatic N) is 1. The molecule has 4 nitrogen and oxygen atoms in total. The summed E-state index contributed by atoms with van der Waals surface area (Å²) in [4.78, 5) is 14.5. The van der Waals surface area contributed by atoms with E-state index in [-0.39, 0.29) is 11.9 Å². The number of hydrogen-bond donors (Lipinski definition) is 2. The van der Waals surface area contributed by atoms with Crippen LogP contribution in [0.15, 0.2) is 0 Å². The average Bonchev–Trinajstić information content (AvgIpc) is 3.23. The molecule has 0 heterocycles. The van der Waals surface area contributed by atoms with Gasteiger partial charge in [-0.25, -0.2) is 0 Å². The lowest BCUT2D eigenvalue weighted by Gasteiger charge is -2.30. The zero-order valence-corrected chi connectivity index (χ0v) is 11.8. The summed E-state index contributed by atoms with van der Waals surface area (Å²) in [5.41, 5.74) is 5.94. The summed E-state index contributed by atoms with van der Waals surface area (Å²) in [6.45, 7) is 2.93. The number of carbonyl (C=O) groups excluding carboxylic acids is 1. The summed E-state index contributed by atoms with van der Waals surface area (Å²) in [6, 6.07) is 0.714. The van der Waals surface area contributed by atoms with Gasteiger partial charge in [-0.15, -0.1) is 0 Å². The maximum atomic E-state index is 12.0. The second-order valence-corrected chi connectivity index (χ2v) is 6.78. The molecule has 1 atom stereocenters. The molecule has 108 valence electrons. The van der Waals surface area contributed by atoms with E-state index in [9.17, 15) is 4.79 Å². The van der Waals surface area contributed by atoms with Crippen LogP contribution in [0.1, 0.15) is 44.9 Å². The van der Waals surface area contributed by atoms with Crippen LogP contribution in [-0.2, 0) is 4.79 Å². The van der Waals surface area contributed by atoms with E-state index < -0.39 is 0 Å². The van der Waals surface area contributed by atoms with Crippen LogP contribution in [0.5, 0.6) is 0 Å². The molecule has 0 aromatic heterocycles. The average molecular weight is 265 g/mol. The maximum Gasteiger partial charge on any atom is 0.221 e.